The number of fused-ring (bicyclic) bond motifs is 1. The molecule has 0 radical (unpaired) electrons. The average molecular weight is 760 g/mol. The molecule has 2 rings (SSSR count). The molecule has 0 saturated carbocycles. The topological polar surface area (TPSA) is 231 Å². The lowest BCUT2D eigenvalue weighted by Gasteiger charge is -2.17. The molecule has 0 aliphatic carbocycles. The lowest BCUT2D eigenvalue weighted by atomic mass is 10.2. The molecule has 1 aromatic heterocycles. The van der Waals surface area contributed by atoms with Gasteiger partial charge >= 0.3 is 11.9 Å². The first-order chi connectivity index (χ1) is 22.0. The first kappa shape index (κ1) is 40.3. The standard InChI is InChI=1S/C25H37N5O10S6/c1-3-37-22(33)14(10-43-45-24(35)12(26)8-41)28-20(31)16-18-19(40-7-5-6-39-18)17(30-16)21(32)29-15(23(34)38-4-2)11-44-46-25(36)13(27)9-42/h12-15,30,41-42H,3-11,26-27H2,1-2H3,(H,28,31)(H,29,32)/t12-,13-,14?,15?/m0/s1. The maximum absolute atomic E-state index is 13.5. The van der Waals surface area contributed by atoms with Crippen molar-refractivity contribution in [3.63, 3.8) is 0 Å². The zero-order valence-electron chi connectivity index (χ0n) is 24.9. The molecule has 1 aliphatic heterocycles. The maximum atomic E-state index is 13.5. The van der Waals surface area contributed by atoms with Crippen LogP contribution in [0.4, 0.5) is 0 Å². The molecule has 2 amide bonds. The van der Waals surface area contributed by atoms with Gasteiger partial charge in [-0.1, -0.05) is 21.6 Å². The van der Waals surface area contributed by atoms with Gasteiger partial charge in [-0.05, 0) is 35.4 Å². The quantitative estimate of drug-likeness (QED) is 0.0624. The molecule has 46 heavy (non-hydrogen) atoms. The van der Waals surface area contributed by atoms with Gasteiger partial charge < -0.3 is 46.0 Å². The van der Waals surface area contributed by atoms with Gasteiger partial charge in [0.2, 0.25) is 10.2 Å². The number of nitrogens with one attached hydrogen (secondary N) is 3. The van der Waals surface area contributed by atoms with Crippen LogP contribution in [0.5, 0.6) is 11.5 Å². The molecule has 1 aromatic rings. The molecule has 258 valence electrons. The lowest BCUT2D eigenvalue weighted by molar-refractivity contribution is -0.145. The number of carbonyl (C=O) groups is 6. The van der Waals surface area contributed by atoms with Crippen molar-refractivity contribution in [3.05, 3.63) is 11.4 Å². The molecule has 4 atom stereocenters. The van der Waals surface area contributed by atoms with Gasteiger partial charge in [0.15, 0.2) is 22.9 Å². The highest BCUT2D eigenvalue weighted by Gasteiger charge is 2.34. The van der Waals surface area contributed by atoms with Crippen LogP contribution in [0.15, 0.2) is 0 Å². The van der Waals surface area contributed by atoms with Gasteiger partial charge in [-0.15, -0.1) is 0 Å². The number of esters is 2. The van der Waals surface area contributed by atoms with E-state index < -0.39 is 47.9 Å². The van der Waals surface area contributed by atoms with Gasteiger partial charge in [0, 0.05) is 29.4 Å². The molecule has 1 aliphatic rings. The van der Waals surface area contributed by atoms with Crippen molar-refractivity contribution < 1.29 is 47.7 Å². The van der Waals surface area contributed by atoms with Crippen molar-refractivity contribution >= 4 is 102 Å². The number of carbonyl (C=O) groups excluding carboxylic acids is 6. The summed E-state index contributed by atoms with van der Waals surface area (Å²) in [5.74, 6) is -3.09. The van der Waals surface area contributed by atoms with E-state index in [-0.39, 0.29) is 82.6 Å². The summed E-state index contributed by atoms with van der Waals surface area (Å²) in [6, 6.07) is -3.97. The van der Waals surface area contributed by atoms with Crippen LogP contribution in [0.1, 0.15) is 41.2 Å². The molecular weight excluding hydrogens is 723 g/mol. The first-order valence-electron chi connectivity index (χ1n) is 13.8. The van der Waals surface area contributed by atoms with Crippen molar-refractivity contribution in [3.8, 4) is 11.5 Å². The third-order valence-electron chi connectivity index (χ3n) is 5.65. The van der Waals surface area contributed by atoms with Crippen LogP contribution < -0.4 is 31.6 Å². The minimum absolute atomic E-state index is 0.0419. The number of rotatable bonds is 18. The van der Waals surface area contributed by atoms with E-state index in [9.17, 15) is 28.8 Å². The summed E-state index contributed by atoms with van der Waals surface area (Å²) in [5, 5.41) is 4.41. The number of aromatic amines is 1. The van der Waals surface area contributed by atoms with Gasteiger partial charge in [-0.2, -0.15) is 25.3 Å². The van der Waals surface area contributed by atoms with Gasteiger partial charge in [0.1, 0.15) is 12.1 Å². The van der Waals surface area contributed by atoms with Gasteiger partial charge in [0.25, 0.3) is 11.8 Å². The second-order valence-electron chi connectivity index (χ2n) is 9.09. The van der Waals surface area contributed by atoms with Crippen molar-refractivity contribution in [2.75, 3.05) is 49.4 Å². The van der Waals surface area contributed by atoms with Gasteiger partial charge in [0.05, 0.1) is 38.5 Å². The van der Waals surface area contributed by atoms with E-state index in [1.54, 1.807) is 13.8 Å². The zero-order valence-corrected chi connectivity index (χ0v) is 30.0. The Bertz CT molecular complexity index is 1150. The summed E-state index contributed by atoms with van der Waals surface area (Å²) in [5.41, 5.74) is 10.9. The minimum atomic E-state index is -1.19. The second kappa shape index (κ2) is 21.2. The molecule has 0 saturated heterocycles. The highest BCUT2D eigenvalue weighted by Crippen LogP contribution is 2.38. The highest BCUT2D eigenvalue weighted by atomic mass is 33.1. The first-order valence-corrected chi connectivity index (χ1v) is 19.7. The van der Waals surface area contributed by atoms with Gasteiger partial charge in [-0.25, -0.2) is 9.59 Å². The molecule has 2 heterocycles. The molecular formula is C25H37N5O10S6. The Morgan fingerprint density at radius 1 is 0.783 bits per heavy atom. The lowest BCUT2D eigenvalue weighted by Crippen LogP contribution is -2.44. The zero-order chi connectivity index (χ0) is 34.2. The van der Waals surface area contributed by atoms with E-state index in [0.717, 1.165) is 43.2 Å². The maximum Gasteiger partial charge on any atom is 0.329 e. The van der Waals surface area contributed by atoms with Crippen LogP contribution in [0.2, 0.25) is 0 Å². The third-order valence-corrected chi connectivity index (χ3v) is 11.1. The van der Waals surface area contributed by atoms with Crippen LogP contribution in [0.25, 0.3) is 0 Å². The van der Waals surface area contributed by atoms with Crippen LogP contribution >= 0.6 is 68.4 Å². The summed E-state index contributed by atoms with van der Waals surface area (Å²) in [4.78, 5) is 79.1. The number of aromatic nitrogens is 1. The Balaban J connectivity index is 2.29. The Hall–Kier alpha value is -1.88. The van der Waals surface area contributed by atoms with Crippen LogP contribution in [-0.4, -0.2) is 113 Å². The summed E-state index contributed by atoms with van der Waals surface area (Å²) in [6.07, 6.45) is 0.445. The fourth-order valence-corrected chi connectivity index (χ4v) is 8.08. The molecule has 0 fully saturated rings. The van der Waals surface area contributed by atoms with E-state index in [1.165, 1.54) is 0 Å². The smallest absolute Gasteiger partial charge is 0.329 e. The fourth-order valence-electron chi connectivity index (χ4n) is 3.34. The number of nitrogens with two attached hydrogens (primary N) is 2. The van der Waals surface area contributed by atoms with Crippen molar-refractivity contribution in [2.45, 2.75) is 44.4 Å². The Labute approximate surface area is 292 Å². The molecule has 15 nitrogen and oxygen atoms in total. The summed E-state index contributed by atoms with van der Waals surface area (Å²) in [6.45, 7) is 3.61. The summed E-state index contributed by atoms with van der Waals surface area (Å²) < 4.78 is 21.7. The molecule has 0 bridgehead atoms. The number of hydrogen-bond donors (Lipinski definition) is 7. The number of ether oxygens (including phenoxy) is 4. The predicted molar refractivity (Wildman–Crippen MR) is 186 cm³/mol. The van der Waals surface area contributed by atoms with Crippen LogP contribution in [-0.2, 0) is 28.7 Å². The summed E-state index contributed by atoms with van der Waals surface area (Å²) >= 11 is 8.00. The molecule has 7 N–H and O–H groups in total. The molecule has 0 spiro atoms. The monoisotopic (exact) mass is 759 g/mol. The Morgan fingerprint density at radius 2 is 1.17 bits per heavy atom. The number of H-pyrrole nitrogens is 1. The average Bonchev–Trinajstić information content (AvgIpc) is 3.23. The molecule has 0 aromatic carbocycles. The Kier molecular flexibility index (Phi) is 18.5. The van der Waals surface area contributed by atoms with Crippen molar-refractivity contribution in [2.24, 2.45) is 11.5 Å². The van der Waals surface area contributed by atoms with E-state index in [1.807, 2.05) is 0 Å². The number of amides is 2. The van der Waals surface area contributed by atoms with Gasteiger partial charge in [-0.3, -0.25) is 19.2 Å². The minimum Gasteiger partial charge on any atom is -0.487 e. The number of hydrogen-bond acceptors (Lipinski definition) is 18. The third kappa shape index (κ3) is 12.3. The number of thiol groups is 2. The van der Waals surface area contributed by atoms with Crippen molar-refractivity contribution in [1.29, 1.82) is 0 Å². The van der Waals surface area contributed by atoms with Crippen LogP contribution in [0.3, 0.4) is 0 Å². The predicted octanol–water partition coefficient (Wildman–Crippen LogP) is 0.829. The van der Waals surface area contributed by atoms with E-state index in [0.29, 0.717) is 6.42 Å². The van der Waals surface area contributed by atoms with Crippen molar-refractivity contribution in [1.82, 2.24) is 15.6 Å². The largest absolute Gasteiger partial charge is 0.487 e. The van der Waals surface area contributed by atoms with E-state index in [4.69, 9.17) is 30.4 Å². The Morgan fingerprint density at radius 3 is 1.52 bits per heavy atom. The SMILES string of the molecule is CCOC(=O)C(CSSC(=O)[C@@H](N)CS)NC(=O)c1[nH]c(C(=O)NC(CSSC(=O)[C@@H](N)CS)C(=O)OCC)c2c1OCCCO2. The second-order valence-corrected chi connectivity index (χ2v) is 14.5. The van der Waals surface area contributed by atoms with Crippen LogP contribution in [0, 0.1) is 0 Å². The fraction of sp³-hybridized carbons (Fsp3) is 0.600. The summed E-state index contributed by atoms with van der Waals surface area (Å²) in [7, 11) is 3.64. The normalized spacial score (nSPS) is 15.0. The molecule has 21 heteroatoms. The highest BCUT2D eigenvalue weighted by molar-refractivity contribution is 8.82. The molecule has 2 unspecified atom stereocenters. The van der Waals surface area contributed by atoms with E-state index >= 15 is 0 Å². The van der Waals surface area contributed by atoms with E-state index in [2.05, 4.69) is 40.9 Å².